The molecular formula is C17H26N2. The highest BCUT2D eigenvalue weighted by Crippen LogP contribution is 2.35. The fourth-order valence-electron chi connectivity index (χ4n) is 3.45. The second-order valence-electron chi connectivity index (χ2n) is 6.33. The van der Waals surface area contributed by atoms with E-state index in [1.807, 2.05) is 6.20 Å². The van der Waals surface area contributed by atoms with Crippen LogP contribution in [0.5, 0.6) is 0 Å². The molecule has 0 saturated heterocycles. The van der Waals surface area contributed by atoms with Gasteiger partial charge in [0.15, 0.2) is 0 Å². The number of pyridine rings is 1. The van der Waals surface area contributed by atoms with Gasteiger partial charge in [0.25, 0.3) is 0 Å². The van der Waals surface area contributed by atoms with E-state index < -0.39 is 0 Å². The summed E-state index contributed by atoms with van der Waals surface area (Å²) in [5.74, 6) is 1.53. The Morgan fingerprint density at radius 2 is 1.89 bits per heavy atom. The van der Waals surface area contributed by atoms with Crippen molar-refractivity contribution in [1.29, 1.82) is 0 Å². The van der Waals surface area contributed by atoms with Crippen LogP contribution in [-0.2, 0) is 0 Å². The third-order valence-electron chi connectivity index (χ3n) is 4.79. The van der Waals surface area contributed by atoms with E-state index in [1.165, 1.54) is 56.9 Å². The van der Waals surface area contributed by atoms with E-state index in [2.05, 4.69) is 28.6 Å². The van der Waals surface area contributed by atoms with Gasteiger partial charge in [-0.1, -0.05) is 31.7 Å². The standard InChI is InChI=1S/C17H26N2/c1-2-4-7-14(6-3-1)17(13-19-16-9-10-16)15-8-5-11-18-12-15/h5,8,11-12,14,16-17,19H,1-4,6-7,9-10,13H2. The predicted octanol–water partition coefficient (Wildman–Crippen LogP) is 3.89. The van der Waals surface area contributed by atoms with Gasteiger partial charge < -0.3 is 5.32 Å². The zero-order chi connectivity index (χ0) is 12.9. The minimum Gasteiger partial charge on any atom is -0.313 e. The van der Waals surface area contributed by atoms with Gasteiger partial charge in [-0.25, -0.2) is 0 Å². The Labute approximate surface area is 117 Å². The van der Waals surface area contributed by atoms with Gasteiger partial charge >= 0.3 is 0 Å². The topological polar surface area (TPSA) is 24.9 Å². The number of rotatable bonds is 5. The molecule has 1 N–H and O–H groups in total. The Morgan fingerprint density at radius 3 is 2.53 bits per heavy atom. The lowest BCUT2D eigenvalue weighted by Crippen LogP contribution is -2.28. The van der Waals surface area contributed by atoms with Crippen LogP contribution in [0.4, 0.5) is 0 Å². The fraction of sp³-hybridized carbons (Fsp3) is 0.706. The maximum absolute atomic E-state index is 4.34. The molecule has 0 aliphatic heterocycles. The quantitative estimate of drug-likeness (QED) is 0.811. The molecule has 2 nitrogen and oxygen atoms in total. The van der Waals surface area contributed by atoms with Crippen molar-refractivity contribution < 1.29 is 0 Å². The lowest BCUT2D eigenvalue weighted by Gasteiger charge is -2.27. The average molecular weight is 258 g/mol. The maximum Gasteiger partial charge on any atom is 0.0303 e. The van der Waals surface area contributed by atoms with Crippen molar-refractivity contribution in [2.75, 3.05) is 6.54 Å². The third kappa shape index (κ3) is 3.79. The molecule has 19 heavy (non-hydrogen) atoms. The molecule has 0 radical (unpaired) electrons. The number of nitrogens with zero attached hydrogens (tertiary/aromatic N) is 1. The van der Waals surface area contributed by atoms with Gasteiger partial charge in [0.2, 0.25) is 0 Å². The molecule has 2 aliphatic carbocycles. The minimum atomic E-state index is 0.674. The van der Waals surface area contributed by atoms with Crippen LogP contribution in [0.1, 0.15) is 62.8 Å². The van der Waals surface area contributed by atoms with Crippen LogP contribution < -0.4 is 5.32 Å². The number of aromatic nitrogens is 1. The Morgan fingerprint density at radius 1 is 1.11 bits per heavy atom. The van der Waals surface area contributed by atoms with Crippen molar-refractivity contribution in [3.63, 3.8) is 0 Å². The van der Waals surface area contributed by atoms with Gasteiger partial charge in [-0.3, -0.25) is 4.98 Å². The van der Waals surface area contributed by atoms with E-state index >= 15 is 0 Å². The molecule has 104 valence electrons. The molecule has 2 heteroatoms. The number of nitrogens with one attached hydrogen (secondary N) is 1. The van der Waals surface area contributed by atoms with Crippen molar-refractivity contribution in [2.45, 2.75) is 63.3 Å². The Hall–Kier alpha value is -0.890. The molecule has 0 amide bonds. The van der Waals surface area contributed by atoms with Crippen LogP contribution in [0, 0.1) is 5.92 Å². The summed E-state index contributed by atoms with van der Waals surface area (Å²) in [4.78, 5) is 4.34. The molecule has 2 fully saturated rings. The van der Waals surface area contributed by atoms with Crippen molar-refractivity contribution >= 4 is 0 Å². The first-order valence-electron chi connectivity index (χ1n) is 8.07. The molecule has 1 aromatic rings. The van der Waals surface area contributed by atoms with Crippen LogP contribution in [0.3, 0.4) is 0 Å². The summed E-state index contributed by atoms with van der Waals surface area (Å²) in [6.45, 7) is 1.15. The van der Waals surface area contributed by atoms with Crippen LogP contribution in [-0.4, -0.2) is 17.6 Å². The smallest absolute Gasteiger partial charge is 0.0303 e. The second kappa shape index (κ2) is 6.51. The van der Waals surface area contributed by atoms with Gasteiger partial charge in [-0.2, -0.15) is 0 Å². The molecule has 0 bridgehead atoms. The van der Waals surface area contributed by atoms with E-state index in [4.69, 9.17) is 0 Å². The van der Waals surface area contributed by atoms with E-state index in [0.717, 1.165) is 18.5 Å². The lowest BCUT2D eigenvalue weighted by atomic mass is 9.82. The second-order valence-corrected chi connectivity index (χ2v) is 6.33. The molecule has 2 aliphatic rings. The summed E-state index contributed by atoms with van der Waals surface area (Å²) < 4.78 is 0. The van der Waals surface area contributed by atoms with E-state index in [9.17, 15) is 0 Å². The van der Waals surface area contributed by atoms with Crippen LogP contribution in [0.15, 0.2) is 24.5 Å². The van der Waals surface area contributed by atoms with E-state index in [1.54, 1.807) is 0 Å². The third-order valence-corrected chi connectivity index (χ3v) is 4.79. The van der Waals surface area contributed by atoms with Gasteiger partial charge in [0.1, 0.15) is 0 Å². The van der Waals surface area contributed by atoms with E-state index in [-0.39, 0.29) is 0 Å². The van der Waals surface area contributed by atoms with Crippen LogP contribution >= 0.6 is 0 Å². The average Bonchev–Trinajstić information content (AvgIpc) is 3.27. The summed E-state index contributed by atoms with van der Waals surface area (Å²) in [6.07, 6.45) is 15.3. The Kier molecular flexibility index (Phi) is 4.49. The highest BCUT2D eigenvalue weighted by atomic mass is 14.9. The number of hydrogen-bond donors (Lipinski definition) is 1. The van der Waals surface area contributed by atoms with Crippen molar-refractivity contribution in [3.05, 3.63) is 30.1 Å². The number of hydrogen-bond acceptors (Lipinski definition) is 2. The van der Waals surface area contributed by atoms with Crippen molar-refractivity contribution in [3.8, 4) is 0 Å². The minimum absolute atomic E-state index is 0.674. The van der Waals surface area contributed by atoms with Gasteiger partial charge in [-0.15, -0.1) is 0 Å². The largest absolute Gasteiger partial charge is 0.313 e. The molecular weight excluding hydrogens is 232 g/mol. The molecule has 2 saturated carbocycles. The zero-order valence-electron chi connectivity index (χ0n) is 11.9. The highest BCUT2D eigenvalue weighted by molar-refractivity contribution is 5.16. The van der Waals surface area contributed by atoms with Crippen molar-refractivity contribution in [2.24, 2.45) is 5.92 Å². The maximum atomic E-state index is 4.34. The fourth-order valence-corrected chi connectivity index (χ4v) is 3.45. The molecule has 0 aromatic carbocycles. The van der Waals surface area contributed by atoms with Gasteiger partial charge in [0, 0.05) is 30.9 Å². The van der Waals surface area contributed by atoms with Gasteiger partial charge in [0.05, 0.1) is 0 Å². The molecule has 1 heterocycles. The normalized spacial score (nSPS) is 22.9. The molecule has 3 rings (SSSR count). The van der Waals surface area contributed by atoms with Crippen LogP contribution in [0.2, 0.25) is 0 Å². The first-order chi connectivity index (χ1) is 9.43. The zero-order valence-corrected chi connectivity index (χ0v) is 11.9. The SMILES string of the molecule is c1cncc(C(CNC2CC2)C2CCCCCC2)c1. The summed E-state index contributed by atoms with van der Waals surface area (Å²) in [7, 11) is 0. The Balaban J connectivity index is 1.69. The van der Waals surface area contributed by atoms with Crippen LogP contribution in [0.25, 0.3) is 0 Å². The first kappa shape index (κ1) is 13.1. The van der Waals surface area contributed by atoms with Gasteiger partial charge in [-0.05, 0) is 43.2 Å². The van der Waals surface area contributed by atoms with E-state index in [0.29, 0.717) is 5.92 Å². The molecule has 1 unspecified atom stereocenters. The Bertz CT molecular complexity index is 364. The summed E-state index contributed by atoms with van der Waals surface area (Å²) in [6, 6.07) is 5.18. The first-order valence-corrected chi connectivity index (χ1v) is 8.07. The molecule has 0 spiro atoms. The van der Waals surface area contributed by atoms with Crippen molar-refractivity contribution in [1.82, 2.24) is 10.3 Å². The monoisotopic (exact) mass is 258 g/mol. The summed E-state index contributed by atoms with van der Waals surface area (Å²) >= 11 is 0. The molecule has 1 aromatic heterocycles. The lowest BCUT2D eigenvalue weighted by molar-refractivity contribution is 0.359. The molecule has 1 atom stereocenters. The summed E-state index contributed by atoms with van der Waals surface area (Å²) in [5, 5.41) is 3.75. The predicted molar refractivity (Wildman–Crippen MR) is 79.2 cm³/mol. The highest BCUT2D eigenvalue weighted by Gasteiger charge is 2.27. The summed E-state index contributed by atoms with van der Waals surface area (Å²) in [5.41, 5.74) is 1.45.